The number of nitriles is 1. The van der Waals surface area contributed by atoms with E-state index in [1.54, 1.807) is 18.2 Å². The first kappa shape index (κ1) is 21.1. The van der Waals surface area contributed by atoms with Gasteiger partial charge in [0.2, 0.25) is 10.0 Å². The highest BCUT2D eigenvalue weighted by Gasteiger charge is 2.19. The molecule has 0 saturated carbocycles. The smallest absolute Gasteiger partial charge is 0.248 e. The van der Waals surface area contributed by atoms with Crippen molar-refractivity contribution in [2.45, 2.75) is 6.92 Å². The number of likely N-dealkylation sites (N-methyl/N-ethyl adjacent to an activating group) is 1. The minimum absolute atomic E-state index is 0.189. The number of anilines is 1. The molecule has 1 fully saturated rings. The molecule has 1 aliphatic rings. The second kappa shape index (κ2) is 8.19. The molecule has 4 rings (SSSR count). The van der Waals surface area contributed by atoms with Crippen molar-refractivity contribution in [1.29, 1.82) is 5.26 Å². The van der Waals surface area contributed by atoms with E-state index in [4.69, 9.17) is 14.8 Å². The van der Waals surface area contributed by atoms with Crippen molar-refractivity contribution in [3.05, 3.63) is 59.2 Å². The number of hydrogen-bond donors (Lipinski definition) is 1. The zero-order valence-electron chi connectivity index (χ0n) is 17.5. The van der Waals surface area contributed by atoms with E-state index in [-0.39, 0.29) is 5.57 Å². The molecule has 0 radical (unpaired) electrons. The summed E-state index contributed by atoms with van der Waals surface area (Å²) in [5.41, 5.74) is 2.28. The molecule has 0 atom stereocenters. The Morgan fingerprint density at radius 3 is 2.39 bits per heavy atom. The van der Waals surface area contributed by atoms with Crippen LogP contribution in [0.25, 0.3) is 27.7 Å². The first-order chi connectivity index (χ1) is 14.8. The molecule has 3 aromatic rings. The molecule has 160 valence electrons. The highest BCUT2D eigenvalue weighted by atomic mass is 32.2. The summed E-state index contributed by atoms with van der Waals surface area (Å²) < 4.78 is 29.1. The zero-order chi connectivity index (χ0) is 22.2. The molecular formula is C23H24N4O3S. The van der Waals surface area contributed by atoms with Gasteiger partial charge < -0.3 is 14.2 Å². The summed E-state index contributed by atoms with van der Waals surface area (Å²) in [6.07, 6.45) is 0. The summed E-state index contributed by atoms with van der Waals surface area (Å²) in [4.78, 5) is 4.24. The number of hydrogen-bond acceptors (Lipinski definition) is 6. The van der Waals surface area contributed by atoms with Gasteiger partial charge in [0.15, 0.2) is 4.91 Å². The third kappa shape index (κ3) is 4.35. The lowest BCUT2D eigenvalue weighted by Crippen LogP contribution is -2.44. The highest BCUT2D eigenvalue weighted by Crippen LogP contribution is 2.31. The second-order valence-corrected chi connectivity index (χ2v) is 9.31. The Hall–Kier alpha value is -3.12. The van der Waals surface area contributed by atoms with Crippen LogP contribution in [0, 0.1) is 11.3 Å². The number of primary sulfonamides is 1. The van der Waals surface area contributed by atoms with E-state index in [1.807, 2.05) is 12.1 Å². The maximum Gasteiger partial charge on any atom is 0.248 e. The molecule has 0 unspecified atom stereocenters. The highest BCUT2D eigenvalue weighted by molar-refractivity contribution is 7.93. The Kier molecular flexibility index (Phi) is 5.58. The van der Waals surface area contributed by atoms with E-state index in [9.17, 15) is 8.42 Å². The topological polar surface area (TPSA) is 104 Å². The van der Waals surface area contributed by atoms with E-state index in [0.29, 0.717) is 11.5 Å². The Balaban J connectivity index is 1.63. The van der Waals surface area contributed by atoms with Crippen LogP contribution in [-0.2, 0) is 10.0 Å². The van der Waals surface area contributed by atoms with Crippen molar-refractivity contribution in [1.82, 2.24) is 4.90 Å². The first-order valence-corrected chi connectivity index (χ1v) is 11.5. The molecule has 0 aliphatic carbocycles. The molecule has 1 aliphatic heterocycles. The van der Waals surface area contributed by atoms with Crippen molar-refractivity contribution in [3.63, 3.8) is 0 Å². The van der Waals surface area contributed by atoms with Crippen LogP contribution < -0.4 is 10.0 Å². The fourth-order valence-electron chi connectivity index (χ4n) is 3.82. The molecule has 7 nitrogen and oxygen atoms in total. The predicted molar refractivity (Wildman–Crippen MR) is 123 cm³/mol. The van der Waals surface area contributed by atoms with E-state index in [0.717, 1.165) is 42.5 Å². The third-order valence-electron chi connectivity index (χ3n) is 5.68. The molecule has 0 bridgehead atoms. The SMILES string of the molecule is C/C(=C(/C#N)S(N)(=O)=O)c1ccc(-c2ccc3cc(N4CCN(C)CC4)ccc3c2)o1. The number of benzene rings is 2. The van der Waals surface area contributed by atoms with Crippen molar-refractivity contribution in [2.24, 2.45) is 5.14 Å². The summed E-state index contributed by atoms with van der Waals surface area (Å²) >= 11 is 0. The van der Waals surface area contributed by atoms with Gasteiger partial charge in [-0.2, -0.15) is 5.26 Å². The van der Waals surface area contributed by atoms with Gasteiger partial charge in [-0.25, -0.2) is 13.6 Å². The summed E-state index contributed by atoms with van der Waals surface area (Å²) in [7, 11) is -1.97. The first-order valence-electron chi connectivity index (χ1n) is 9.98. The van der Waals surface area contributed by atoms with Crippen LogP contribution in [0.5, 0.6) is 0 Å². The second-order valence-electron chi connectivity index (χ2n) is 7.81. The Labute approximate surface area is 182 Å². The predicted octanol–water partition coefficient (Wildman–Crippen LogP) is 3.39. The lowest BCUT2D eigenvalue weighted by molar-refractivity contribution is 0.313. The van der Waals surface area contributed by atoms with Gasteiger partial charge in [-0.1, -0.05) is 18.2 Å². The lowest BCUT2D eigenvalue weighted by Gasteiger charge is -2.34. The number of allylic oxidation sites excluding steroid dienone is 2. The molecular weight excluding hydrogens is 412 g/mol. The van der Waals surface area contributed by atoms with Gasteiger partial charge in [-0.05, 0) is 55.1 Å². The monoisotopic (exact) mass is 436 g/mol. The quantitative estimate of drug-likeness (QED) is 0.629. The van der Waals surface area contributed by atoms with Gasteiger partial charge in [0.05, 0.1) is 0 Å². The molecule has 2 heterocycles. The molecule has 2 aromatic carbocycles. The maximum absolute atomic E-state index is 11.6. The number of rotatable bonds is 4. The van der Waals surface area contributed by atoms with Crippen LogP contribution in [0.3, 0.4) is 0 Å². The Morgan fingerprint density at radius 1 is 1.03 bits per heavy atom. The van der Waals surface area contributed by atoms with E-state index >= 15 is 0 Å². The molecule has 1 saturated heterocycles. The Morgan fingerprint density at radius 2 is 1.71 bits per heavy atom. The van der Waals surface area contributed by atoms with Crippen LogP contribution in [0.2, 0.25) is 0 Å². The van der Waals surface area contributed by atoms with Gasteiger partial charge in [0.1, 0.15) is 17.6 Å². The normalized spacial score (nSPS) is 16.3. The summed E-state index contributed by atoms with van der Waals surface area (Å²) in [5, 5.41) is 16.5. The van der Waals surface area contributed by atoms with Gasteiger partial charge in [0, 0.05) is 43.0 Å². The average Bonchev–Trinajstić information content (AvgIpc) is 3.23. The summed E-state index contributed by atoms with van der Waals surface area (Å²) in [6, 6.07) is 17.6. The van der Waals surface area contributed by atoms with Gasteiger partial charge >= 0.3 is 0 Å². The molecule has 2 N–H and O–H groups in total. The van der Waals surface area contributed by atoms with Gasteiger partial charge in [-0.3, -0.25) is 0 Å². The van der Waals surface area contributed by atoms with Crippen molar-refractivity contribution < 1.29 is 12.8 Å². The largest absolute Gasteiger partial charge is 0.456 e. The number of furan rings is 1. The lowest BCUT2D eigenvalue weighted by atomic mass is 10.0. The Bertz CT molecular complexity index is 1310. The number of nitrogens with zero attached hydrogens (tertiary/aromatic N) is 3. The fraction of sp³-hybridized carbons (Fsp3) is 0.261. The van der Waals surface area contributed by atoms with E-state index in [1.165, 1.54) is 12.6 Å². The summed E-state index contributed by atoms with van der Waals surface area (Å²) in [5.74, 6) is 0.886. The van der Waals surface area contributed by atoms with Crippen molar-refractivity contribution in [2.75, 3.05) is 38.1 Å². The molecule has 0 amide bonds. The standard InChI is InChI=1S/C23H24N4O3S/c1-16(23(15-24)31(25,28)29)21-7-8-22(30-21)19-4-3-18-14-20(6-5-17(18)13-19)27-11-9-26(2)10-12-27/h3-8,13-14H,9-12H2,1-2H3,(H2,25,28,29)/b23-16+. The zero-order valence-corrected chi connectivity index (χ0v) is 18.3. The van der Waals surface area contributed by atoms with Crippen LogP contribution in [0.15, 0.2) is 57.9 Å². The van der Waals surface area contributed by atoms with Gasteiger partial charge in [-0.15, -0.1) is 0 Å². The summed E-state index contributed by atoms with van der Waals surface area (Å²) in [6.45, 7) is 5.66. The average molecular weight is 437 g/mol. The maximum atomic E-state index is 11.6. The van der Waals surface area contributed by atoms with Crippen molar-refractivity contribution >= 4 is 32.1 Å². The molecule has 1 aromatic heterocycles. The number of fused-ring (bicyclic) bond motifs is 1. The van der Waals surface area contributed by atoms with Crippen LogP contribution in [-0.4, -0.2) is 46.5 Å². The molecule has 31 heavy (non-hydrogen) atoms. The van der Waals surface area contributed by atoms with Crippen LogP contribution in [0.1, 0.15) is 12.7 Å². The number of nitrogens with two attached hydrogens (primary N) is 1. The number of piperazine rings is 1. The van der Waals surface area contributed by atoms with Crippen LogP contribution >= 0.6 is 0 Å². The van der Waals surface area contributed by atoms with E-state index < -0.39 is 14.9 Å². The molecule has 8 heteroatoms. The molecule has 0 spiro atoms. The van der Waals surface area contributed by atoms with E-state index in [2.05, 4.69) is 41.1 Å². The van der Waals surface area contributed by atoms with Crippen LogP contribution in [0.4, 0.5) is 5.69 Å². The van der Waals surface area contributed by atoms with Crippen molar-refractivity contribution in [3.8, 4) is 17.4 Å². The fourth-order valence-corrected chi connectivity index (χ4v) is 4.47. The minimum atomic E-state index is -4.11. The number of sulfonamides is 1. The third-order valence-corrected chi connectivity index (χ3v) is 6.65. The minimum Gasteiger partial charge on any atom is -0.456 e. The van der Waals surface area contributed by atoms with Gasteiger partial charge in [0.25, 0.3) is 0 Å².